The highest BCUT2D eigenvalue weighted by atomic mass is 35.5. The van der Waals surface area contributed by atoms with Crippen molar-refractivity contribution in [2.24, 2.45) is 0 Å². The van der Waals surface area contributed by atoms with Gasteiger partial charge in [-0.3, -0.25) is 9.48 Å². The van der Waals surface area contributed by atoms with E-state index in [9.17, 15) is 4.79 Å². The molecule has 0 aliphatic heterocycles. The number of benzene rings is 2. The molecule has 24 heavy (non-hydrogen) atoms. The van der Waals surface area contributed by atoms with Gasteiger partial charge in [0.15, 0.2) is 0 Å². The number of aliphatic carboxylic acids is 1. The van der Waals surface area contributed by atoms with E-state index in [1.165, 1.54) is 0 Å². The van der Waals surface area contributed by atoms with Crippen molar-refractivity contribution in [1.82, 2.24) is 9.78 Å². The van der Waals surface area contributed by atoms with Crippen molar-refractivity contribution in [3.63, 3.8) is 0 Å². The van der Waals surface area contributed by atoms with Crippen molar-refractivity contribution in [3.8, 4) is 11.3 Å². The molecule has 1 N–H and O–H groups in total. The molecule has 1 aromatic heterocycles. The zero-order valence-corrected chi connectivity index (χ0v) is 14.3. The molecule has 0 amide bonds. The first kappa shape index (κ1) is 16.5. The Morgan fingerprint density at radius 3 is 2.62 bits per heavy atom. The Morgan fingerprint density at radius 1 is 1.21 bits per heavy atom. The summed E-state index contributed by atoms with van der Waals surface area (Å²) >= 11 is 6.38. The highest BCUT2D eigenvalue weighted by Crippen LogP contribution is 2.32. The summed E-state index contributed by atoms with van der Waals surface area (Å²) < 4.78 is 1.96. The van der Waals surface area contributed by atoms with Crippen molar-refractivity contribution in [2.45, 2.75) is 32.7 Å². The van der Waals surface area contributed by atoms with Gasteiger partial charge >= 0.3 is 5.97 Å². The molecule has 3 rings (SSSR count). The monoisotopic (exact) mass is 342 g/mol. The standard InChI is InChI=1S/C19H19ClN2O2/c1-2-12-22-19-15(4-3-5-16(19)20)18(21-22)14-9-6-13(7-10-14)8-11-17(23)24/h3-7,9-10H,2,8,11-12H2,1H3,(H,23,24). The fraction of sp³-hybridized carbons (Fsp3) is 0.263. The molecular weight excluding hydrogens is 324 g/mol. The second-order valence-corrected chi connectivity index (χ2v) is 6.21. The third kappa shape index (κ3) is 3.29. The van der Waals surface area contributed by atoms with Crippen LogP contribution in [0, 0.1) is 0 Å². The number of rotatable bonds is 6. The van der Waals surface area contributed by atoms with Crippen LogP contribution >= 0.6 is 11.6 Å². The number of carbonyl (C=O) groups is 1. The number of nitrogens with zero attached hydrogens (tertiary/aromatic N) is 2. The van der Waals surface area contributed by atoms with Gasteiger partial charge in [-0.2, -0.15) is 5.10 Å². The SMILES string of the molecule is CCCn1nc(-c2ccc(CCC(=O)O)cc2)c2cccc(Cl)c21. The van der Waals surface area contributed by atoms with E-state index in [4.69, 9.17) is 21.8 Å². The van der Waals surface area contributed by atoms with Crippen molar-refractivity contribution in [2.75, 3.05) is 0 Å². The van der Waals surface area contributed by atoms with Crippen LogP contribution in [0.3, 0.4) is 0 Å². The lowest BCUT2D eigenvalue weighted by atomic mass is 10.0. The average molecular weight is 343 g/mol. The number of carboxylic acid groups (broad SMARTS) is 1. The maximum absolute atomic E-state index is 10.7. The van der Waals surface area contributed by atoms with Crippen LogP contribution in [0.4, 0.5) is 0 Å². The third-order valence-corrected chi connectivity index (χ3v) is 4.32. The topological polar surface area (TPSA) is 55.1 Å². The number of hydrogen-bond acceptors (Lipinski definition) is 2. The van der Waals surface area contributed by atoms with Crippen LogP contribution in [0.15, 0.2) is 42.5 Å². The van der Waals surface area contributed by atoms with Crippen LogP contribution in [0.1, 0.15) is 25.3 Å². The summed E-state index contributed by atoms with van der Waals surface area (Å²) in [5, 5.41) is 15.3. The van der Waals surface area contributed by atoms with Gasteiger partial charge < -0.3 is 5.11 Å². The maximum Gasteiger partial charge on any atom is 0.303 e. The van der Waals surface area contributed by atoms with Crippen LogP contribution in [0.2, 0.25) is 5.02 Å². The number of hydrogen-bond donors (Lipinski definition) is 1. The van der Waals surface area contributed by atoms with Crippen LogP contribution in [-0.2, 0) is 17.8 Å². The first-order chi connectivity index (χ1) is 11.6. The number of aromatic nitrogens is 2. The minimum atomic E-state index is -0.780. The van der Waals surface area contributed by atoms with E-state index in [-0.39, 0.29) is 6.42 Å². The fourth-order valence-corrected chi connectivity index (χ4v) is 3.13. The fourth-order valence-electron chi connectivity index (χ4n) is 2.86. The molecule has 0 spiro atoms. The van der Waals surface area contributed by atoms with Gasteiger partial charge in [0.1, 0.15) is 5.69 Å². The lowest BCUT2D eigenvalue weighted by Gasteiger charge is -2.02. The Bertz CT molecular complexity index is 869. The normalized spacial score (nSPS) is 11.1. The third-order valence-electron chi connectivity index (χ3n) is 4.01. The molecule has 1 heterocycles. The molecule has 124 valence electrons. The zero-order valence-electron chi connectivity index (χ0n) is 13.5. The number of halogens is 1. The summed E-state index contributed by atoms with van der Waals surface area (Å²) in [6.45, 7) is 2.93. The molecule has 0 aliphatic rings. The van der Waals surface area contributed by atoms with E-state index in [1.54, 1.807) is 0 Å². The number of fused-ring (bicyclic) bond motifs is 1. The minimum Gasteiger partial charge on any atom is -0.481 e. The lowest BCUT2D eigenvalue weighted by Crippen LogP contribution is -1.99. The molecule has 0 bridgehead atoms. The molecule has 3 aromatic rings. The van der Waals surface area contributed by atoms with Gasteiger partial charge in [-0.1, -0.05) is 54.9 Å². The molecular formula is C19H19ClN2O2. The molecule has 0 radical (unpaired) electrons. The van der Waals surface area contributed by atoms with E-state index in [0.29, 0.717) is 11.4 Å². The molecule has 5 heteroatoms. The van der Waals surface area contributed by atoms with Crippen LogP contribution < -0.4 is 0 Å². The van der Waals surface area contributed by atoms with Crippen molar-refractivity contribution >= 4 is 28.5 Å². The van der Waals surface area contributed by atoms with E-state index >= 15 is 0 Å². The highest BCUT2D eigenvalue weighted by molar-refractivity contribution is 6.35. The quantitative estimate of drug-likeness (QED) is 0.701. The molecule has 0 aliphatic carbocycles. The van der Waals surface area contributed by atoms with Gasteiger partial charge in [-0.25, -0.2) is 0 Å². The molecule has 0 unspecified atom stereocenters. The summed E-state index contributed by atoms with van der Waals surface area (Å²) in [5.41, 5.74) is 3.89. The maximum atomic E-state index is 10.7. The van der Waals surface area contributed by atoms with Crippen LogP contribution in [-0.4, -0.2) is 20.9 Å². The molecule has 4 nitrogen and oxygen atoms in total. The smallest absolute Gasteiger partial charge is 0.303 e. The summed E-state index contributed by atoms with van der Waals surface area (Å²) in [7, 11) is 0. The van der Waals surface area contributed by atoms with Crippen molar-refractivity contribution < 1.29 is 9.90 Å². The number of carboxylic acids is 1. The zero-order chi connectivity index (χ0) is 17.1. The number of para-hydroxylation sites is 1. The first-order valence-electron chi connectivity index (χ1n) is 8.06. The largest absolute Gasteiger partial charge is 0.481 e. The van der Waals surface area contributed by atoms with Crippen LogP contribution in [0.5, 0.6) is 0 Å². The summed E-state index contributed by atoms with van der Waals surface area (Å²) in [6, 6.07) is 13.8. The van der Waals surface area contributed by atoms with E-state index in [2.05, 4.69) is 6.92 Å². The Labute approximate surface area is 145 Å². The highest BCUT2D eigenvalue weighted by Gasteiger charge is 2.14. The first-order valence-corrected chi connectivity index (χ1v) is 8.44. The van der Waals surface area contributed by atoms with Gasteiger partial charge in [-0.05, 0) is 24.5 Å². The van der Waals surface area contributed by atoms with E-state index in [0.717, 1.165) is 40.7 Å². The Balaban J connectivity index is 2.00. The lowest BCUT2D eigenvalue weighted by molar-refractivity contribution is -0.136. The molecule has 0 saturated carbocycles. The molecule has 2 aromatic carbocycles. The van der Waals surface area contributed by atoms with Gasteiger partial charge in [0, 0.05) is 23.9 Å². The van der Waals surface area contributed by atoms with Gasteiger partial charge in [0.25, 0.3) is 0 Å². The van der Waals surface area contributed by atoms with E-state index < -0.39 is 5.97 Å². The van der Waals surface area contributed by atoms with Crippen LogP contribution in [0.25, 0.3) is 22.2 Å². The molecule has 0 saturated heterocycles. The summed E-state index contributed by atoms with van der Waals surface area (Å²) in [4.78, 5) is 10.7. The Kier molecular flexibility index (Phi) is 4.86. The Hall–Kier alpha value is -2.33. The predicted octanol–water partition coefficient (Wildman–Crippen LogP) is 4.78. The van der Waals surface area contributed by atoms with E-state index in [1.807, 2.05) is 47.1 Å². The summed E-state index contributed by atoms with van der Waals surface area (Å²) in [5.74, 6) is -0.780. The van der Waals surface area contributed by atoms with Gasteiger partial charge in [-0.15, -0.1) is 0 Å². The second kappa shape index (κ2) is 7.05. The molecule has 0 atom stereocenters. The van der Waals surface area contributed by atoms with Gasteiger partial charge in [0.05, 0.1) is 10.5 Å². The molecule has 0 fully saturated rings. The Morgan fingerprint density at radius 2 is 1.96 bits per heavy atom. The average Bonchev–Trinajstić information content (AvgIpc) is 2.94. The minimum absolute atomic E-state index is 0.142. The summed E-state index contributed by atoms with van der Waals surface area (Å²) in [6.07, 6.45) is 1.66. The predicted molar refractivity (Wildman–Crippen MR) is 96.4 cm³/mol. The van der Waals surface area contributed by atoms with Crippen molar-refractivity contribution in [3.05, 3.63) is 53.1 Å². The second-order valence-electron chi connectivity index (χ2n) is 5.80. The number of aryl methyl sites for hydroxylation is 2. The van der Waals surface area contributed by atoms with Gasteiger partial charge in [0.2, 0.25) is 0 Å². The van der Waals surface area contributed by atoms with Crippen molar-refractivity contribution in [1.29, 1.82) is 0 Å².